The fourth-order valence-corrected chi connectivity index (χ4v) is 2.01. The van der Waals surface area contributed by atoms with Gasteiger partial charge in [-0.2, -0.15) is 0 Å². The van der Waals surface area contributed by atoms with E-state index in [1.165, 1.54) is 12.8 Å². The maximum absolute atomic E-state index is 12.0. The Morgan fingerprint density at radius 1 is 0.909 bits per heavy atom. The fraction of sp³-hybridized carbons (Fsp3) is 0.611. The first-order valence-electron chi connectivity index (χ1n) is 8.29. The largest absolute Gasteiger partial charge is 0.490 e. The lowest BCUT2D eigenvalue weighted by atomic mass is 10.2. The van der Waals surface area contributed by atoms with Crippen LogP contribution in [0.2, 0.25) is 0 Å². The third-order valence-electron chi connectivity index (χ3n) is 3.17. The molecule has 0 heterocycles. The number of carbonyl (C=O) groups is 1. The molecule has 0 aliphatic carbocycles. The maximum atomic E-state index is 12.0. The predicted molar refractivity (Wildman–Crippen MR) is 87.8 cm³/mol. The predicted octanol–water partition coefficient (Wildman–Crippen LogP) is 4.61. The Kier molecular flexibility index (Phi) is 9.12. The number of carbonyl (C=O) groups excluding carboxylic acids is 1. The molecule has 0 N–H and O–H groups in total. The summed E-state index contributed by atoms with van der Waals surface area (Å²) >= 11 is 0. The Morgan fingerprint density at radius 2 is 1.73 bits per heavy atom. The highest BCUT2D eigenvalue weighted by molar-refractivity contribution is 5.90. The zero-order valence-electron chi connectivity index (χ0n) is 14.0. The molecule has 1 aromatic carbocycles. The number of unbranched alkanes of at least 4 members (excludes halogenated alkanes) is 3. The van der Waals surface area contributed by atoms with E-state index in [1.807, 2.05) is 13.8 Å². The molecule has 0 unspecified atom stereocenters. The number of esters is 1. The highest BCUT2D eigenvalue weighted by Gasteiger charge is 2.12. The van der Waals surface area contributed by atoms with Crippen molar-refractivity contribution in [1.29, 1.82) is 0 Å². The fourth-order valence-electron chi connectivity index (χ4n) is 2.01. The molecule has 0 spiro atoms. The smallest absolute Gasteiger partial charge is 0.338 e. The zero-order chi connectivity index (χ0) is 16.2. The van der Waals surface area contributed by atoms with E-state index in [-0.39, 0.29) is 5.97 Å². The van der Waals surface area contributed by atoms with E-state index in [4.69, 9.17) is 14.2 Å². The molecule has 1 aromatic rings. The van der Waals surface area contributed by atoms with Crippen LogP contribution in [0.3, 0.4) is 0 Å². The Bertz CT molecular complexity index is 443. The van der Waals surface area contributed by atoms with Crippen LogP contribution in [0.1, 0.15) is 63.2 Å². The Morgan fingerprint density at radius 3 is 2.41 bits per heavy atom. The third-order valence-corrected chi connectivity index (χ3v) is 3.17. The quantitative estimate of drug-likeness (QED) is 0.442. The van der Waals surface area contributed by atoms with Crippen molar-refractivity contribution in [2.24, 2.45) is 0 Å². The van der Waals surface area contributed by atoms with Crippen molar-refractivity contribution in [2.45, 2.75) is 52.9 Å². The van der Waals surface area contributed by atoms with E-state index in [9.17, 15) is 4.79 Å². The molecule has 0 aliphatic heterocycles. The van der Waals surface area contributed by atoms with Gasteiger partial charge in [0.05, 0.1) is 25.4 Å². The van der Waals surface area contributed by atoms with Crippen LogP contribution in [-0.2, 0) is 4.74 Å². The van der Waals surface area contributed by atoms with Crippen LogP contribution in [0.5, 0.6) is 11.5 Å². The molecule has 0 bridgehead atoms. The summed E-state index contributed by atoms with van der Waals surface area (Å²) in [5.74, 6) is 0.957. The van der Waals surface area contributed by atoms with Crippen molar-refractivity contribution in [3.8, 4) is 11.5 Å². The van der Waals surface area contributed by atoms with Gasteiger partial charge in [0.2, 0.25) is 0 Å². The van der Waals surface area contributed by atoms with E-state index in [0.29, 0.717) is 36.9 Å². The SMILES string of the molecule is CCCCCCOC(=O)c1ccc(OCCC)c(OCC)c1. The number of hydrogen-bond acceptors (Lipinski definition) is 4. The summed E-state index contributed by atoms with van der Waals surface area (Å²) in [6, 6.07) is 5.19. The lowest BCUT2D eigenvalue weighted by Gasteiger charge is -2.12. The standard InChI is InChI=1S/C18H28O4/c1-4-7-8-9-13-22-18(19)15-10-11-16(21-12-5-2)17(14-15)20-6-3/h10-11,14H,4-9,12-13H2,1-3H3. The molecular formula is C18H28O4. The Labute approximate surface area is 133 Å². The van der Waals surface area contributed by atoms with Crippen molar-refractivity contribution in [1.82, 2.24) is 0 Å². The highest BCUT2D eigenvalue weighted by Crippen LogP contribution is 2.29. The van der Waals surface area contributed by atoms with Crippen LogP contribution in [0, 0.1) is 0 Å². The minimum Gasteiger partial charge on any atom is -0.490 e. The van der Waals surface area contributed by atoms with Crippen LogP contribution in [0.25, 0.3) is 0 Å². The highest BCUT2D eigenvalue weighted by atomic mass is 16.5. The molecule has 4 heteroatoms. The second kappa shape index (κ2) is 10.9. The summed E-state index contributed by atoms with van der Waals surface area (Å²) in [7, 11) is 0. The summed E-state index contributed by atoms with van der Waals surface area (Å²) in [6.07, 6.45) is 5.28. The molecule has 1 rings (SSSR count). The number of rotatable bonds is 11. The van der Waals surface area contributed by atoms with Gasteiger partial charge in [-0.05, 0) is 38.0 Å². The van der Waals surface area contributed by atoms with Crippen LogP contribution >= 0.6 is 0 Å². The van der Waals surface area contributed by atoms with E-state index in [0.717, 1.165) is 19.3 Å². The molecule has 0 saturated carbocycles. The summed E-state index contributed by atoms with van der Waals surface area (Å²) in [4.78, 5) is 12.0. The Balaban J connectivity index is 2.61. The van der Waals surface area contributed by atoms with Crippen LogP contribution in [0.15, 0.2) is 18.2 Å². The second-order valence-corrected chi connectivity index (χ2v) is 5.14. The summed E-state index contributed by atoms with van der Waals surface area (Å²) in [5.41, 5.74) is 0.503. The van der Waals surface area contributed by atoms with Crippen molar-refractivity contribution in [2.75, 3.05) is 19.8 Å². The lowest BCUT2D eigenvalue weighted by molar-refractivity contribution is 0.0497. The molecule has 124 valence electrons. The monoisotopic (exact) mass is 308 g/mol. The minimum absolute atomic E-state index is 0.306. The van der Waals surface area contributed by atoms with E-state index in [2.05, 4.69) is 6.92 Å². The van der Waals surface area contributed by atoms with Crippen LogP contribution in [0.4, 0.5) is 0 Å². The van der Waals surface area contributed by atoms with Gasteiger partial charge in [-0.3, -0.25) is 0 Å². The lowest BCUT2D eigenvalue weighted by Crippen LogP contribution is -2.08. The molecule has 0 aliphatic rings. The average Bonchev–Trinajstić information content (AvgIpc) is 2.53. The van der Waals surface area contributed by atoms with Gasteiger partial charge in [-0.1, -0.05) is 33.1 Å². The first kappa shape index (κ1) is 18.3. The van der Waals surface area contributed by atoms with E-state index >= 15 is 0 Å². The summed E-state index contributed by atoms with van der Waals surface area (Å²) in [6.45, 7) is 7.73. The van der Waals surface area contributed by atoms with Gasteiger partial charge in [0, 0.05) is 0 Å². The van der Waals surface area contributed by atoms with Gasteiger partial charge in [0.15, 0.2) is 11.5 Å². The molecule has 22 heavy (non-hydrogen) atoms. The molecule has 4 nitrogen and oxygen atoms in total. The molecule has 0 atom stereocenters. The zero-order valence-corrected chi connectivity index (χ0v) is 14.0. The van der Waals surface area contributed by atoms with Gasteiger partial charge >= 0.3 is 5.97 Å². The average molecular weight is 308 g/mol. The molecule has 0 fully saturated rings. The first-order chi connectivity index (χ1) is 10.7. The normalized spacial score (nSPS) is 10.3. The van der Waals surface area contributed by atoms with Gasteiger partial charge < -0.3 is 14.2 Å². The first-order valence-corrected chi connectivity index (χ1v) is 8.29. The number of ether oxygens (including phenoxy) is 3. The topological polar surface area (TPSA) is 44.8 Å². The molecule has 0 amide bonds. The van der Waals surface area contributed by atoms with Crippen molar-refractivity contribution < 1.29 is 19.0 Å². The van der Waals surface area contributed by atoms with E-state index < -0.39 is 0 Å². The minimum atomic E-state index is -0.306. The van der Waals surface area contributed by atoms with E-state index in [1.54, 1.807) is 18.2 Å². The van der Waals surface area contributed by atoms with Crippen LogP contribution < -0.4 is 9.47 Å². The Hall–Kier alpha value is -1.71. The molecular weight excluding hydrogens is 280 g/mol. The summed E-state index contributed by atoms with van der Waals surface area (Å²) in [5, 5.41) is 0. The molecule has 0 radical (unpaired) electrons. The molecule has 0 saturated heterocycles. The van der Waals surface area contributed by atoms with Gasteiger partial charge in [0.25, 0.3) is 0 Å². The van der Waals surface area contributed by atoms with Gasteiger partial charge in [0.1, 0.15) is 0 Å². The van der Waals surface area contributed by atoms with Crippen molar-refractivity contribution in [3.63, 3.8) is 0 Å². The van der Waals surface area contributed by atoms with Crippen molar-refractivity contribution in [3.05, 3.63) is 23.8 Å². The third kappa shape index (κ3) is 6.37. The number of benzene rings is 1. The number of hydrogen-bond donors (Lipinski definition) is 0. The maximum Gasteiger partial charge on any atom is 0.338 e. The second-order valence-electron chi connectivity index (χ2n) is 5.14. The van der Waals surface area contributed by atoms with Gasteiger partial charge in [-0.25, -0.2) is 4.79 Å². The van der Waals surface area contributed by atoms with Crippen molar-refractivity contribution >= 4 is 5.97 Å². The summed E-state index contributed by atoms with van der Waals surface area (Å²) < 4.78 is 16.5. The van der Waals surface area contributed by atoms with Crippen LogP contribution in [-0.4, -0.2) is 25.8 Å². The molecule has 0 aromatic heterocycles. The van der Waals surface area contributed by atoms with Gasteiger partial charge in [-0.15, -0.1) is 0 Å².